The Labute approximate surface area is 96.6 Å². The van der Waals surface area contributed by atoms with Gasteiger partial charge in [0.05, 0.1) is 11.8 Å². The molecule has 84 valence electrons. The van der Waals surface area contributed by atoms with Crippen LogP contribution in [0.1, 0.15) is 0 Å². The van der Waals surface area contributed by atoms with E-state index in [-0.39, 0.29) is 18.2 Å². The van der Waals surface area contributed by atoms with Crippen molar-refractivity contribution in [3.8, 4) is 6.07 Å². The minimum Gasteiger partial charge on any atom is -0.398 e. The number of hydrogen-bond acceptors (Lipinski definition) is 4. The number of nitrogens with two attached hydrogens (primary N) is 1. The number of benzene rings is 1. The topological polar surface area (TPSA) is 78.9 Å². The first-order valence-electron chi connectivity index (χ1n) is 4.45. The number of thioether (sulfide) groups is 1. The van der Waals surface area contributed by atoms with Crippen molar-refractivity contribution in [1.29, 1.82) is 5.26 Å². The molecule has 16 heavy (non-hydrogen) atoms. The highest BCUT2D eigenvalue weighted by molar-refractivity contribution is 8.00. The smallest absolute Gasteiger partial charge is 0.231 e. The predicted molar refractivity (Wildman–Crippen MR) is 60.2 cm³/mol. The van der Waals surface area contributed by atoms with Crippen molar-refractivity contribution in [2.45, 2.75) is 4.90 Å². The second-order valence-corrected chi connectivity index (χ2v) is 3.92. The molecule has 0 bridgehead atoms. The summed E-state index contributed by atoms with van der Waals surface area (Å²) in [5.74, 6) is -0.511. The molecule has 0 heterocycles. The Balaban J connectivity index is 2.49. The lowest BCUT2D eigenvalue weighted by Crippen LogP contribution is -2.25. The molecular weight excluding hydrogens is 229 g/mol. The fourth-order valence-electron chi connectivity index (χ4n) is 0.983. The lowest BCUT2D eigenvalue weighted by molar-refractivity contribution is -0.118. The van der Waals surface area contributed by atoms with E-state index in [0.29, 0.717) is 10.6 Å². The van der Waals surface area contributed by atoms with E-state index in [1.807, 2.05) is 0 Å². The fourth-order valence-corrected chi connectivity index (χ4v) is 1.76. The van der Waals surface area contributed by atoms with Crippen molar-refractivity contribution in [2.75, 3.05) is 18.0 Å². The van der Waals surface area contributed by atoms with Crippen LogP contribution < -0.4 is 11.1 Å². The highest BCUT2D eigenvalue weighted by Gasteiger charge is 2.05. The number of anilines is 1. The van der Waals surface area contributed by atoms with E-state index >= 15 is 0 Å². The summed E-state index contributed by atoms with van der Waals surface area (Å²) in [7, 11) is 0. The van der Waals surface area contributed by atoms with Gasteiger partial charge in [0.25, 0.3) is 0 Å². The number of carbonyl (C=O) groups excluding carboxylic acids is 1. The maximum atomic E-state index is 12.7. The predicted octanol–water partition coefficient (Wildman–Crippen LogP) is 1.14. The zero-order valence-electron chi connectivity index (χ0n) is 8.37. The van der Waals surface area contributed by atoms with Crippen LogP contribution in [0.2, 0.25) is 0 Å². The van der Waals surface area contributed by atoms with E-state index in [2.05, 4.69) is 5.32 Å². The summed E-state index contributed by atoms with van der Waals surface area (Å²) in [4.78, 5) is 11.8. The molecule has 6 heteroatoms. The van der Waals surface area contributed by atoms with Crippen LogP contribution in [0.25, 0.3) is 0 Å². The monoisotopic (exact) mass is 239 g/mol. The van der Waals surface area contributed by atoms with Gasteiger partial charge in [0.1, 0.15) is 12.4 Å². The summed E-state index contributed by atoms with van der Waals surface area (Å²) in [6.45, 7) is -0.0156. The number of hydrogen-bond donors (Lipinski definition) is 2. The van der Waals surface area contributed by atoms with Crippen molar-refractivity contribution >= 4 is 23.4 Å². The lowest BCUT2D eigenvalue weighted by atomic mass is 10.3. The number of nitrogens with one attached hydrogen (secondary N) is 1. The molecule has 0 spiro atoms. The van der Waals surface area contributed by atoms with Gasteiger partial charge in [-0.05, 0) is 18.2 Å². The number of amides is 1. The number of nitrogen functional groups attached to an aromatic ring is 1. The minimum absolute atomic E-state index is 0.0156. The van der Waals surface area contributed by atoms with E-state index in [0.717, 1.165) is 0 Å². The van der Waals surface area contributed by atoms with E-state index in [9.17, 15) is 9.18 Å². The molecule has 3 N–H and O–H groups in total. The van der Waals surface area contributed by atoms with Crippen molar-refractivity contribution in [2.24, 2.45) is 0 Å². The molecule has 0 atom stereocenters. The average Bonchev–Trinajstić information content (AvgIpc) is 2.25. The third-order valence-corrected chi connectivity index (χ3v) is 2.78. The molecule has 0 aliphatic carbocycles. The Morgan fingerprint density at radius 3 is 3.00 bits per heavy atom. The van der Waals surface area contributed by atoms with Gasteiger partial charge in [-0.2, -0.15) is 5.26 Å². The van der Waals surface area contributed by atoms with Crippen molar-refractivity contribution in [3.05, 3.63) is 24.0 Å². The van der Waals surface area contributed by atoms with Crippen LogP contribution in [0, 0.1) is 17.1 Å². The van der Waals surface area contributed by atoms with Gasteiger partial charge in [0.15, 0.2) is 0 Å². The number of nitrogens with zero attached hydrogens (tertiary/aromatic N) is 1. The maximum Gasteiger partial charge on any atom is 0.231 e. The third kappa shape index (κ3) is 3.79. The van der Waals surface area contributed by atoms with Gasteiger partial charge in [-0.15, -0.1) is 11.8 Å². The summed E-state index contributed by atoms with van der Waals surface area (Å²) < 4.78 is 12.7. The van der Waals surface area contributed by atoms with Crippen molar-refractivity contribution in [1.82, 2.24) is 5.32 Å². The molecule has 0 unspecified atom stereocenters. The molecule has 1 aromatic carbocycles. The summed E-state index contributed by atoms with van der Waals surface area (Å²) >= 11 is 1.20. The van der Waals surface area contributed by atoms with E-state index in [1.165, 1.54) is 30.0 Å². The minimum atomic E-state index is -0.407. The normalized spacial score (nSPS) is 9.50. The van der Waals surface area contributed by atoms with Crippen LogP contribution in [0.15, 0.2) is 23.1 Å². The number of halogens is 1. The standard InChI is InChI=1S/C10H10FN3OS/c11-7-1-2-9(8(13)5-7)16-6-10(15)14-4-3-12/h1-2,5H,4,6,13H2,(H,14,15). The van der Waals surface area contributed by atoms with E-state index in [1.54, 1.807) is 6.07 Å². The Morgan fingerprint density at radius 1 is 1.62 bits per heavy atom. The van der Waals surface area contributed by atoms with Crippen molar-refractivity contribution < 1.29 is 9.18 Å². The second-order valence-electron chi connectivity index (χ2n) is 2.91. The Morgan fingerprint density at radius 2 is 2.38 bits per heavy atom. The summed E-state index contributed by atoms with van der Waals surface area (Å²) in [5.41, 5.74) is 5.87. The maximum absolute atomic E-state index is 12.7. The number of carbonyl (C=O) groups is 1. The number of rotatable bonds is 4. The molecule has 0 aliphatic heterocycles. The van der Waals surface area contributed by atoms with Gasteiger partial charge >= 0.3 is 0 Å². The van der Waals surface area contributed by atoms with Crippen LogP contribution in [0.4, 0.5) is 10.1 Å². The van der Waals surface area contributed by atoms with Gasteiger partial charge in [-0.3, -0.25) is 4.79 Å². The molecule has 0 fully saturated rings. The SMILES string of the molecule is N#CCNC(=O)CSc1ccc(F)cc1N. The van der Waals surface area contributed by atoms with Crippen LogP contribution in [-0.4, -0.2) is 18.2 Å². The Bertz CT molecular complexity index is 431. The zero-order chi connectivity index (χ0) is 12.0. The van der Waals surface area contributed by atoms with Gasteiger partial charge in [-0.1, -0.05) is 0 Å². The second kappa shape index (κ2) is 5.98. The molecule has 0 aromatic heterocycles. The summed E-state index contributed by atoms with van der Waals surface area (Å²) in [5, 5.41) is 10.6. The van der Waals surface area contributed by atoms with E-state index < -0.39 is 5.82 Å². The summed E-state index contributed by atoms with van der Waals surface area (Å²) in [6.07, 6.45) is 0. The average molecular weight is 239 g/mol. The van der Waals surface area contributed by atoms with E-state index in [4.69, 9.17) is 11.0 Å². The Kier molecular flexibility index (Phi) is 4.61. The molecular formula is C10H10FN3OS. The molecule has 1 rings (SSSR count). The van der Waals surface area contributed by atoms with Gasteiger partial charge in [0.2, 0.25) is 5.91 Å². The molecule has 1 aromatic rings. The van der Waals surface area contributed by atoms with Gasteiger partial charge in [0, 0.05) is 10.6 Å². The first-order chi connectivity index (χ1) is 7.63. The fraction of sp³-hybridized carbons (Fsp3) is 0.200. The molecule has 4 nitrogen and oxygen atoms in total. The van der Waals surface area contributed by atoms with Gasteiger partial charge in [-0.25, -0.2) is 4.39 Å². The lowest BCUT2D eigenvalue weighted by Gasteiger charge is -2.04. The highest BCUT2D eigenvalue weighted by Crippen LogP contribution is 2.25. The van der Waals surface area contributed by atoms with Crippen LogP contribution in [-0.2, 0) is 4.79 Å². The van der Waals surface area contributed by atoms with Crippen molar-refractivity contribution in [3.63, 3.8) is 0 Å². The molecule has 0 aliphatic rings. The van der Waals surface area contributed by atoms with Crippen LogP contribution in [0.5, 0.6) is 0 Å². The quantitative estimate of drug-likeness (QED) is 0.469. The largest absolute Gasteiger partial charge is 0.398 e. The molecule has 1 amide bonds. The zero-order valence-corrected chi connectivity index (χ0v) is 9.18. The number of nitriles is 1. The van der Waals surface area contributed by atoms with Crippen LogP contribution >= 0.6 is 11.8 Å². The van der Waals surface area contributed by atoms with Gasteiger partial charge < -0.3 is 11.1 Å². The summed E-state index contributed by atoms with van der Waals surface area (Å²) in [6, 6.07) is 5.81. The molecule has 0 radical (unpaired) electrons. The first-order valence-corrected chi connectivity index (χ1v) is 5.43. The molecule has 0 saturated heterocycles. The third-order valence-electron chi connectivity index (χ3n) is 1.70. The highest BCUT2D eigenvalue weighted by atomic mass is 32.2. The van der Waals surface area contributed by atoms with Crippen LogP contribution in [0.3, 0.4) is 0 Å². The first kappa shape index (κ1) is 12.3. The molecule has 0 saturated carbocycles. The Hall–Kier alpha value is -1.74.